The fourth-order valence-electron chi connectivity index (χ4n) is 3.46. The van der Waals surface area contributed by atoms with E-state index < -0.39 is 9.84 Å². The number of carbonyl (C=O) groups is 1. The molecular formula is C19H25N3O4S2. The minimum atomic E-state index is -3.04. The van der Waals surface area contributed by atoms with Crippen LogP contribution in [0, 0.1) is 13.8 Å². The normalized spacial score (nSPS) is 18.3. The number of nitrogens with zero attached hydrogens (tertiary/aromatic N) is 3. The predicted octanol–water partition coefficient (Wildman–Crippen LogP) is 2.87. The number of aryl methyl sites for hydroxylation is 2. The summed E-state index contributed by atoms with van der Waals surface area (Å²) in [6.45, 7) is 6.54. The minimum absolute atomic E-state index is 0.0564. The zero-order valence-corrected chi connectivity index (χ0v) is 18.0. The molecule has 2 aromatic rings. The largest absolute Gasteiger partial charge is 0.411 e. The predicted molar refractivity (Wildman–Crippen MR) is 109 cm³/mol. The minimum Gasteiger partial charge on any atom is -0.411 e. The smallest absolute Gasteiger partial charge is 0.277 e. The highest BCUT2D eigenvalue weighted by atomic mass is 32.2. The van der Waals surface area contributed by atoms with Crippen LogP contribution in [-0.2, 0) is 14.6 Å². The monoisotopic (exact) mass is 423 g/mol. The number of amides is 1. The Morgan fingerprint density at radius 2 is 1.96 bits per heavy atom. The standard InChI is InChI=1S/C19H25N3O4S2/c1-4-6-22(16-5-7-28(24,25)12-16)17(23)11-27-19-21-20-18(26-19)15-9-13(2)8-14(3)10-15/h8-10,16H,4-7,11-12H2,1-3H3/t16-/m1/s1. The quantitative estimate of drug-likeness (QED) is 0.632. The van der Waals surface area contributed by atoms with Crippen LogP contribution in [0.1, 0.15) is 30.9 Å². The van der Waals surface area contributed by atoms with Gasteiger partial charge in [0.1, 0.15) is 0 Å². The van der Waals surface area contributed by atoms with Crippen molar-refractivity contribution in [3.05, 3.63) is 29.3 Å². The summed E-state index contributed by atoms with van der Waals surface area (Å²) in [5.74, 6) is 0.682. The SMILES string of the molecule is CCCN(C(=O)CSc1nnc(-c2cc(C)cc(C)c2)o1)[C@@H]1CCS(=O)(=O)C1. The summed E-state index contributed by atoms with van der Waals surface area (Å²) in [6, 6.07) is 5.79. The average molecular weight is 424 g/mol. The van der Waals surface area contributed by atoms with Gasteiger partial charge in [0, 0.05) is 18.2 Å². The van der Waals surface area contributed by atoms with E-state index in [1.54, 1.807) is 4.90 Å². The van der Waals surface area contributed by atoms with Gasteiger partial charge in [-0.2, -0.15) is 0 Å². The molecule has 3 rings (SSSR count). The van der Waals surface area contributed by atoms with Gasteiger partial charge in [-0.05, 0) is 38.8 Å². The Kier molecular flexibility index (Phi) is 6.44. The highest BCUT2D eigenvalue weighted by molar-refractivity contribution is 7.99. The van der Waals surface area contributed by atoms with E-state index in [2.05, 4.69) is 16.3 Å². The number of benzene rings is 1. The van der Waals surface area contributed by atoms with Crippen LogP contribution < -0.4 is 0 Å². The van der Waals surface area contributed by atoms with Gasteiger partial charge in [0.05, 0.1) is 17.3 Å². The summed E-state index contributed by atoms with van der Waals surface area (Å²) >= 11 is 1.18. The molecule has 1 fully saturated rings. The van der Waals surface area contributed by atoms with Gasteiger partial charge < -0.3 is 9.32 Å². The molecule has 0 saturated carbocycles. The summed E-state index contributed by atoms with van der Waals surface area (Å²) in [5.41, 5.74) is 3.07. The van der Waals surface area contributed by atoms with Crippen LogP contribution in [0.5, 0.6) is 0 Å². The molecule has 0 unspecified atom stereocenters. The van der Waals surface area contributed by atoms with Gasteiger partial charge in [-0.25, -0.2) is 8.42 Å². The molecule has 1 aromatic heterocycles. The van der Waals surface area contributed by atoms with E-state index in [4.69, 9.17) is 4.42 Å². The molecule has 0 bridgehead atoms. The van der Waals surface area contributed by atoms with Crippen molar-refractivity contribution in [3.63, 3.8) is 0 Å². The lowest BCUT2D eigenvalue weighted by molar-refractivity contribution is -0.130. The third-order valence-corrected chi connectivity index (χ3v) is 7.18. The number of hydrogen-bond donors (Lipinski definition) is 0. The van der Waals surface area contributed by atoms with E-state index >= 15 is 0 Å². The first kappa shape index (κ1) is 20.9. The Morgan fingerprint density at radius 1 is 1.25 bits per heavy atom. The van der Waals surface area contributed by atoms with Crippen molar-refractivity contribution in [1.29, 1.82) is 0 Å². The molecule has 7 nitrogen and oxygen atoms in total. The van der Waals surface area contributed by atoms with E-state index in [1.807, 2.05) is 32.9 Å². The molecule has 0 aliphatic carbocycles. The van der Waals surface area contributed by atoms with Crippen molar-refractivity contribution in [2.75, 3.05) is 23.8 Å². The van der Waals surface area contributed by atoms with Crippen molar-refractivity contribution < 1.29 is 17.6 Å². The first-order chi connectivity index (χ1) is 13.3. The molecule has 1 aromatic carbocycles. The molecule has 1 atom stereocenters. The number of aromatic nitrogens is 2. The van der Waals surface area contributed by atoms with Gasteiger partial charge in [0.2, 0.25) is 11.8 Å². The summed E-state index contributed by atoms with van der Waals surface area (Å²) in [4.78, 5) is 14.4. The second kappa shape index (κ2) is 8.65. The Hall–Kier alpha value is -1.87. The summed E-state index contributed by atoms with van der Waals surface area (Å²) < 4.78 is 29.2. The van der Waals surface area contributed by atoms with Gasteiger partial charge in [-0.3, -0.25) is 4.79 Å². The maximum absolute atomic E-state index is 12.7. The molecule has 2 heterocycles. The average Bonchev–Trinajstić information content (AvgIpc) is 3.23. The van der Waals surface area contributed by atoms with E-state index in [1.165, 1.54) is 11.8 Å². The van der Waals surface area contributed by atoms with Crippen molar-refractivity contribution >= 4 is 27.5 Å². The molecule has 1 amide bonds. The Balaban J connectivity index is 1.64. The molecule has 1 aliphatic rings. The molecule has 9 heteroatoms. The Labute approximate surface area is 169 Å². The molecule has 0 spiro atoms. The van der Waals surface area contributed by atoms with Crippen LogP contribution in [0.25, 0.3) is 11.5 Å². The van der Waals surface area contributed by atoms with Crippen LogP contribution in [0.4, 0.5) is 0 Å². The summed E-state index contributed by atoms with van der Waals surface area (Å²) in [6.07, 6.45) is 1.29. The first-order valence-electron chi connectivity index (χ1n) is 9.32. The van der Waals surface area contributed by atoms with E-state index in [0.29, 0.717) is 24.1 Å². The van der Waals surface area contributed by atoms with Crippen LogP contribution in [0.3, 0.4) is 0 Å². The van der Waals surface area contributed by atoms with E-state index in [-0.39, 0.29) is 29.2 Å². The third kappa shape index (κ3) is 5.14. The molecule has 1 saturated heterocycles. The maximum Gasteiger partial charge on any atom is 0.277 e. The van der Waals surface area contributed by atoms with Crippen LogP contribution in [0.15, 0.2) is 27.8 Å². The third-order valence-electron chi connectivity index (χ3n) is 4.63. The molecule has 28 heavy (non-hydrogen) atoms. The van der Waals surface area contributed by atoms with Gasteiger partial charge in [0.25, 0.3) is 5.22 Å². The number of sulfone groups is 1. The summed E-state index contributed by atoms with van der Waals surface area (Å²) in [5, 5.41) is 8.44. The van der Waals surface area contributed by atoms with Gasteiger partial charge >= 0.3 is 0 Å². The van der Waals surface area contributed by atoms with Gasteiger partial charge in [-0.1, -0.05) is 35.9 Å². The van der Waals surface area contributed by atoms with Crippen molar-refractivity contribution in [3.8, 4) is 11.5 Å². The Bertz CT molecular complexity index is 936. The molecule has 1 aliphatic heterocycles. The number of rotatable bonds is 7. The molecular weight excluding hydrogens is 398 g/mol. The second-order valence-corrected chi connectivity index (χ2v) is 10.3. The summed E-state index contributed by atoms with van der Waals surface area (Å²) in [7, 11) is -3.04. The lowest BCUT2D eigenvalue weighted by Crippen LogP contribution is -2.42. The molecule has 0 radical (unpaired) electrons. The molecule has 0 N–H and O–H groups in total. The van der Waals surface area contributed by atoms with E-state index in [9.17, 15) is 13.2 Å². The maximum atomic E-state index is 12.7. The van der Waals surface area contributed by atoms with Crippen molar-refractivity contribution in [2.45, 2.75) is 44.9 Å². The highest BCUT2D eigenvalue weighted by Gasteiger charge is 2.34. The van der Waals surface area contributed by atoms with Crippen molar-refractivity contribution in [2.24, 2.45) is 0 Å². The molecule has 152 valence electrons. The van der Waals surface area contributed by atoms with E-state index in [0.717, 1.165) is 23.1 Å². The topological polar surface area (TPSA) is 93.4 Å². The second-order valence-electron chi connectivity index (χ2n) is 7.18. The first-order valence-corrected chi connectivity index (χ1v) is 12.1. The zero-order valence-electron chi connectivity index (χ0n) is 16.3. The van der Waals surface area contributed by atoms with Gasteiger partial charge in [-0.15, -0.1) is 10.2 Å². The highest BCUT2D eigenvalue weighted by Crippen LogP contribution is 2.26. The Morgan fingerprint density at radius 3 is 2.57 bits per heavy atom. The lowest BCUT2D eigenvalue weighted by Gasteiger charge is -2.27. The fourth-order valence-corrected chi connectivity index (χ4v) is 5.84. The van der Waals surface area contributed by atoms with Crippen LogP contribution >= 0.6 is 11.8 Å². The lowest BCUT2D eigenvalue weighted by atomic mass is 10.1. The number of carbonyl (C=O) groups excluding carboxylic acids is 1. The number of thioether (sulfide) groups is 1. The zero-order chi connectivity index (χ0) is 20.3. The van der Waals surface area contributed by atoms with Crippen LogP contribution in [-0.4, -0.2) is 59.3 Å². The fraction of sp³-hybridized carbons (Fsp3) is 0.526. The van der Waals surface area contributed by atoms with Crippen molar-refractivity contribution in [1.82, 2.24) is 15.1 Å². The number of hydrogen-bond acceptors (Lipinski definition) is 7. The van der Waals surface area contributed by atoms with Crippen LogP contribution in [0.2, 0.25) is 0 Å². The van der Waals surface area contributed by atoms with Gasteiger partial charge in [0.15, 0.2) is 9.84 Å².